The molecule has 3 aromatic rings. The second kappa shape index (κ2) is 9.42. The third-order valence-corrected chi connectivity index (χ3v) is 6.00. The topological polar surface area (TPSA) is 63.2 Å². The Morgan fingerprint density at radius 2 is 1.94 bits per heavy atom. The highest BCUT2D eigenvalue weighted by atomic mass is 16.5. The van der Waals surface area contributed by atoms with Crippen molar-refractivity contribution in [2.75, 3.05) is 20.2 Å². The summed E-state index contributed by atoms with van der Waals surface area (Å²) in [6.07, 6.45) is 4.97. The fourth-order valence-corrected chi connectivity index (χ4v) is 3.82. The van der Waals surface area contributed by atoms with Crippen molar-refractivity contribution in [3.8, 4) is 17.6 Å². The van der Waals surface area contributed by atoms with Crippen LogP contribution in [0.25, 0.3) is 10.9 Å². The van der Waals surface area contributed by atoms with Crippen LogP contribution in [0, 0.1) is 18.8 Å². The van der Waals surface area contributed by atoms with E-state index in [4.69, 9.17) is 4.74 Å². The van der Waals surface area contributed by atoms with E-state index in [1.165, 1.54) is 19.5 Å². The minimum Gasteiger partial charge on any atom is -0.497 e. The summed E-state index contributed by atoms with van der Waals surface area (Å²) in [6.45, 7) is 6.26. The number of hydrogen-bond donors (Lipinski definition) is 2. The zero-order chi connectivity index (χ0) is 22.6. The molecule has 32 heavy (non-hydrogen) atoms. The van der Waals surface area contributed by atoms with Gasteiger partial charge in [-0.05, 0) is 87.7 Å². The molecule has 2 fully saturated rings. The van der Waals surface area contributed by atoms with Crippen molar-refractivity contribution in [3.05, 3.63) is 70.9 Å². The van der Waals surface area contributed by atoms with Crippen molar-refractivity contribution in [3.63, 3.8) is 0 Å². The zero-order valence-corrected chi connectivity index (χ0v) is 18.9. The molecule has 1 amide bonds. The Morgan fingerprint density at radius 3 is 2.56 bits per heavy atom. The minimum atomic E-state index is -0.376. The highest BCUT2D eigenvalue weighted by Crippen LogP contribution is 2.48. The fourth-order valence-electron chi connectivity index (χ4n) is 3.82. The van der Waals surface area contributed by atoms with Gasteiger partial charge in [0.25, 0.3) is 5.91 Å². The van der Waals surface area contributed by atoms with E-state index in [-0.39, 0.29) is 11.4 Å². The number of carbonyl (C=O) groups excluding carboxylic acids is 1. The lowest BCUT2D eigenvalue weighted by atomic mass is 9.95. The number of benzene rings is 2. The van der Waals surface area contributed by atoms with Crippen LogP contribution in [-0.2, 0) is 5.54 Å². The predicted octanol–water partition coefficient (Wildman–Crippen LogP) is 4.32. The van der Waals surface area contributed by atoms with Crippen LogP contribution in [0.5, 0.6) is 5.75 Å². The first-order valence-electron chi connectivity index (χ1n) is 11.1. The van der Waals surface area contributed by atoms with Crippen LogP contribution in [0.3, 0.4) is 0 Å². The normalized spacial score (nSPS) is 15.3. The van der Waals surface area contributed by atoms with Crippen LogP contribution >= 0.6 is 0 Å². The number of methoxy groups -OCH3 is 1. The highest BCUT2D eigenvalue weighted by Gasteiger charge is 2.47. The first-order chi connectivity index (χ1) is 15.6. The summed E-state index contributed by atoms with van der Waals surface area (Å²) >= 11 is 0. The zero-order valence-electron chi connectivity index (χ0n) is 18.9. The van der Waals surface area contributed by atoms with Crippen LogP contribution < -0.4 is 15.4 Å². The summed E-state index contributed by atoms with van der Waals surface area (Å²) < 4.78 is 5.29. The van der Waals surface area contributed by atoms with E-state index < -0.39 is 0 Å². The molecule has 0 spiro atoms. The molecule has 5 heteroatoms. The van der Waals surface area contributed by atoms with E-state index in [0.29, 0.717) is 11.3 Å². The van der Waals surface area contributed by atoms with Gasteiger partial charge in [0.2, 0.25) is 0 Å². The molecular formula is C27H29N3O2. The number of ether oxygens (including phenoxy) is 1. The molecule has 5 rings (SSSR count). The molecule has 1 aliphatic carbocycles. The molecule has 2 heterocycles. The Kier molecular flexibility index (Phi) is 6.43. The molecule has 1 aliphatic heterocycles. The Bertz CT molecular complexity index is 1190. The van der Waals surface area contributed by atoms with Gasteiger partial charge in [-0.1, -0.05) is 18.1 Å². The summed E-state index contributed by atoms with van der Waals surface area (Å²) in [5.74, 6) is 6.68. The summed E-state index contributed by atoms with van der Waals surface area (Å²) in [7, 11) is 1.61. The standard InChI is InChI=1S/C24H22N2O2.C3H7N/c1-4-6-17-13-21(19-7-5-12-25-22(19)14-17)24(10-11-24)26-23(27)20-15-18(28-3)9-8-16(20)2;1-2-4-3-1/h5,7-9,12-15H,10-11H2,1-3H3,(H,26,27);4H,1-3H2. The SMILES string of the molecule is C1CNC1.CC#Cc1cc(C2(NC(=O)c3cc(OC)ccc3C)CC2)c2cccnc2c1. The summed E-state index contributed by atoms with van der Waals surface area (Å²) in [4.78, 5) is 17.6. The molecule has 0 unspecified atom stereocenters. The molecule has 1 aromatic heterocycles. The van der Waals surface area contributed by atoms with Gasteiger partial charge in [-0.3, -0.25) is 9.78 Å². The number of aromatic nitrogens is 1. The Balaban J connectivity index is 0.000000552. The van der Waals surface area contributed by atoms with Crippen molar-refractivity contribution in [2.45, 2.75) is 38.6 Å². The lowest BCUT2D eigenvalue weighted by Crippen LogP contribution is -2.35. The van der Waals surface area contributed by atoms with Crippen LogP contribution in [0.1, 0.15) is 53.2 Å². The van der Waals surface area contributed by atoms with Crippen molar-refractivity contribution in [2.24, 2.45) is 0 Å². The molecular weight excluding hydrogens is 398 g/mol. The van der Waals surface area contributed by atoms with Gasteiger partial charge in [-0.2, -0.15) is 0 Å². The minimum absolute atomic E-state index is 0.0853. The number of rotatable bonds is 4. The maximum absolute atomic E-state index is 13.1. The van der Waals surface area contributed by atoms with Crippen LogP contribution in [-0.4, -0.2) is 31.1 Å². The number of pyridine rings is 1. The van der Waals surface area contributed by atoms with Gasteiger partial charge in [-0.15, -0.1) is 5.92 Å². The van der Waals surface area contributed by atoms with E-state index in [2.05, 4.69) is 39.6 Å². The van der Waals surface area contributed by atoms with Crippen molar-refractivity contribution in [1.82, 2.24) is 15.6 Å². The first-order valence-corrected chi connectivity index (χ1v) is 11.1. The number of aryl methyl sites for hydroxylation is 1. The summed E-state index contributed by atoms with van der Waals surface area (Å²) in [5.41, 5.74) is 4.09. The second-order valence-electron chi connectivity index (χ2n) is 8.29. The molecule has 1 saturated heterocycles. The van der Waals surface area contributed by atoms with Crippen molar-refractivity contribution in [1.29, 1.82) is 0 Å². The lowest BCUT2D eigenvalue weighted by molar-refractivity contribution is 0.0930. The number of amides is 1. The average molecular weight is 428 g/mol. The van der Waals surface area contributed by atoms with E-state index in [0.717, 1.165) is 40.4 Å². The maximum atomic E-state index is 13.1. The van der Waals surface area contributed by atoms with Gasteiger partial charge in [0.1, 0.15) is 5.75 Å². The average Bonchev–Trinajstić information content (AvgIpc) is 3.53. The molecule has 0 bridgehead atoms. The van der Waals surface area contributed by atoms with Gasteiger partial charge in [0, 0.05) is 22.7 Å². The fraction of sp³-hybridized carbons (Fsp3) is 0.333. The molecule has 0 radical (unpaired) electrons. The van der Waals surface area contributed by atoms with E-state index in [1.54, 1.807) is 19.4 Å². The number of hydrogen-bond acceptors (Lipinski definition) is 4. The predicted molar refractivity (Wildman–Crippen MR) is 128 cm³/mol. The monoisotopic (exact) mass is 427 g/mol. The molecule has 2 aliphatic rings. The number of nitrogens with one attached hydrogen (secondary N) is 2. The molecule has 0 atom stereocenters. The van der Waals surface area contributed by atoms with E-state index >= 15 is 0 Å². The molecule has 2 N–H and O–H groups in total. The van der Waals surface area contributed by atoms with Crippen LogP contribution in [0.15, 0.2) is 48.7 Å². The van der Waals surface area contributed by atoms with Gasteiger partial charge >= 0.3 is 0 Å². The maximum Gasteiger partial charge on any atom is 0.252 e. The summed E-state index contributed by atoms with van der Waals surface area (Å²) in [5, 5.41) is 7.45. The smallest absolute Gasteiger partial charge is 0.252 e. The third-order valence-electron chi connectivity index (χ3n) is 6.00. The number of nitrogens with zero attached hydrogens (tertiary/aromatic N) is 1. The van der Waals surface area contributed by atoms with Gasteiger partial charge in [-0.25, -0.2) is 0 Å². The third kappa shape index (κ3) is 4.61. The van der Waals surface area contributed by atoms with Gasteiger partial charge in [0.15, 0.2) is 0 Å². The van der Waals surface area contributed by atoms with E-state index in [9.17, 15) is 4.79 Å². The Labute approximate surface area is 189 Å². The first kappa shape index (κ1) is 21.9. The molecule has 164 valence electrons. The molecule has 5 nitrogen and oxygen atoms in total. The largest absolute Gasteiger partial charge is 0.497 e. The van der Waals surface area contributed by atoms with Crippen molar-refractivity contribution >= 4 is 16.8 Å². The van der Waals surface area contributed by atoms with Crippen LogP contribution in [0.4, 0.5) is 0 Å². The van der Waals surface area contributed by atoms with Gasteiger partial charge < -0.3 is 15.4 Å². The van der Waals surface area contributed by atoms with E-state index in [1.807, 2.05) is 38.1 Å². The quantitative estimate of drug-likeness (QED) is 0.609. The Hall–Kier alpha value is -3.36. The second-order valence-corrected chi connectivity index (χ2v) is 8.29. The Morgan fingerprint density at radius 1 is 1.19 bits per heavy atom. The molecule has 1 saturated carbocycles. The lowest BCUT2D eigenvalue weighted by Gasteiger charge is -2.21. The highest BCUT2D eigenvalue weighted by molar-refractivity contribution is 5.97. The number of carbonyl (C=O) groups is 1. The molecule has 2 aromatic carbocycles. The van der Waals surface area contributed by atoms with Crippen LogP contribution in [0.2, 0.25) is 0 Å². The summed E-state index contributed by atoms with van der Waals surface area (Å²) in [6, 6.07) is 13.6. The van der Waals surface area contributed by atoms with Gasteiger partial charge in [0.05, 0.1) is 18.2 Å². The van der Waals surface area contributed by atoms with Crippen molar-refractivity contribution < 1.29 is 9.53 Å². The number of fused-ring (bicyclic) bond motifs is 1.